The van der Waals surface area contributed by atoms with Gasteiger partial charge in [0.15, 0.2) is 0 Å². The molecule has 0 saturated heterocycles. The molecule has 126 valence electrons. The van der Waals surface area contributed by atoms with Crippen LogP contribution in [-0.2, 0) is 11.3 Å². The second kappa shape index (κ2) is 7.65. The fourth-order valence-corrected chi connectivity index (χ4v) is 2.36. The van der Waals surface area contributed by atoms with Gasteiger partial charge in [-0.3, -0.25) is 19.8 Å². The molecule has 0 unspecified atom stereocenters. The van der Waals surface area contributed by atoms with Gasteiger partial charge in [0.2, 0.25) is 5.91 Å². The molecule has 2 aromatic carbocycles. The van der Waals surface area contributed by atoms with Crippen LogP contribution in [0.1, 0.15) is 11.1 Å². The van der Waals surface area contributed by atoms with Crippen LogP contribution in [0.4, 0.5) is 15.8 Å². The van der Waals surface area contributed by atoms with Crippen molar-refractivity contribution in [3.63, 3.8) is 0 Å². The number of amides is 1. The Morgan fingerprint density at radius 2 is 1.96 bits per heavy atom. The van der Waals surface area contributed by atoms with E-state index in [9.17, 15) is 19.3 Å². The first-order valence-corrected chi connectivity index (χ1v) is 7.34. The number of carbonyl (C=O) groups is 1. The molecule has 0 radical (unpaired) electrons. The monoisotopic (exact) mass is 331 g/mol. The first-order valence-electron chi connectivity index (χ1n) is 7.34. The molecule has 0 aromatic heterocycles. The molecule has 0 heterocycles. The predicted molar refractivity (Wildman–Crippen MR) is 89.2 cm³/mol. The third-order valence-corrected chi connectivity index (χ3v) is 3.59. The van der Waals surface area contributed by atoms with Crippen molar-refractivity contribution >= 4 is 17.3 Å². The number of nitro groups is 1. The molecule has 0 atom stereocenters. The Morgan fingerprint density at radius 3 is 2.62 bits per heavy atom. The molecule has 0 fully saturated rings. The van der Waals surface area contributed by atoms with Crippen LogP contribution < -0.4 is 5.32 Å². The van der Waals surface area contributed by atoms with Crippen LogP contribution in [-0.4, -0.2) is 29.3 Å². The normalized spacial score (nSPS) is 10.7. The summed E-state index contributed by atoms with van der Waals surface area (Å²) in [5.74, 6) is -0.642. The van der Waals surface area contributed by atoms with Crippen molar-refractivity contribution in [3.8, 4) is 0 Å². The molecule has 0 aliphatic rings. The number of hydrogen-bond donors (Lipinski definition) is 1. The van der Waals surface area contributed by atoms with Gasteiger partial charge in [-0.05, 0) is 26.1 Å². The molecular formula is C17H18FN3O3. The van der Waals surface area contributed by atoms with Crippen molar-refractivity contribution in [2.24, 2.45) is 0 Å². The van der Waals surface area contributed by atoms with Crippen molar-refractivity contribution in [1.29, 1.82) is 0 Å². The molecule has 2 aromatic rings. The van der Waals surface area contributed by atoms with Crippen LogP contribution >= 0.6 is 0 Å². The smallest absolute Gasteiger partial charge is 0.274 e. The molecule has 7 heteroatoms. The quantitative estimate of drug-likeness (QED) is 0.652. The summed E-state index contributed by atoms with van der Waals surface area (Å²) in [6, 6.07) is 10.9. The number of nitro benzene ring substituents is 1. The summed E-state index contributed by atoms with van der Waals surface area (Å²) in [6.07, 6.45) is 0. The van der Waals surface area contributed by atoms with Gasteiger partial charge in [-0.2, -0.15) is 0 Å². The Bertz CT molecular complexity index is 764. The third kappa shape index (κ3) is 4.36. The summed E-state index contributed by atoms with van der Waals surface area (Å²) >= 11 is 0. The van der Waals surface area contributed by atoms with E-state index in [1.807, 2.05) is 0 Å². The molecule has 1 N–H and O–H groups in total. The lowest BCUT2D eigenvalue weighted by atomic mass is 10.1. The minimum atomic E-state index is -0.491. The zero-order valence-corrected chi connectivity index (χ0v) is 13.5. The van der Waals surface area contributed by atoms with Gasteiger partial charge < -0.3 is 5.32 Å². The van der Waals surface area contributed by atoms with Crippen molar-refractivity contribution in [1.82, 2.24) is 4.90 Å². The van der Waals surface area contributed by atoms with E-state index in [2.05, 4.69) is 5.32 Å². The Balaban J connectivity index is 2.00. The van der Waals surface area contributed by atoms with Crippen LogP contribution in [0.5, 0.6) is 0 Å². The molecule has 1 amide bonds. The first kappa shape index (κ1) is 17.6. The average Bonchev–Trinajstić information content (AvgIpc) is 2.51. The number of carbonyl (C=O) groups excluding carboxylic acids is 1. The van der Waals surface area contributed by atoms with Gasteiger partial charge in [-0.15, -0.1) is 0 Å². The second-order valence-corrected chi connectivity index (χ2v) is 5.52. The molecule has 0 spiro atoms. The number of nitrogens with one attached hydrogen (secondary N) is 1. The maximum absolute atomic E-state index is 13.6. The molecule has 6 nitrogen and oxygen atoms in total. The third-order valence-electron chi connectivity index (χ3n) is 3.59. The highest BCUT2D eigenvalue weighted by Crippen LogP contribution is 2.24. The van der Waals surface area contributed by atoms with Gasteiger partial charge in [-0.1, -0.05) is 24.3 Å². The van der Waals surface area contributed by atoms with Gasteiger partial charge in [0, 0.05) is 18.2 Å². The summed E-state index contributed by atoms with van der Waals surface area (Å²) in [4.78, 5) is 24.2. The summed E-state index contributed by atoms with van der Waals surface area (Å²) in [5, 5.41) is 13.6. The number of nitrogens with zero attached hydrogens (tertiary/aromatic N) is 2. The lowest BCUT2D eigenvalue weighted by Crippen LogP contribution is -2.30. The van der Waals surface area contributed by atoms with E-state index in [0.717, 1.165) is 0 Å². The van der Waals surface area contributed by atoms with Gasteiger partial charge in [0.25, 0.3) is 5.69 Å². The van der Waals surface area contributed by atoms with E-state index in [1.165, 1.54) is 18.2 Å². The van der Waals surface area contributed by atoms with E-state index in [1.54, 1.807) is 43.1 Å². The predicted octanol–water partition coefficient (Wildman–Crippen LogP) is 3.11. The van der Waals surface area contributed by atoms with Crippen LogP contribution in [0.25, 0.3) is 0 Å². The highest BCUT2D eigenvalue weighted by Gasteiger charge is 2.16. The Hall–Kier alpha value is -2.80. The molecule has 0 aliphatic heterocycles. The minimum absolute atomic E-state index is 0.0382. The molecular weight excluding hydrogens is 313 g/mol. The van der Waals surface area contributed by atoms with Gasteiger partial charge in [0.05, 0.1) is 22.7 Å². The molecule has 0 aliphatic carbocycles. The van der Waals surface area contributed by atoms with E-state index in [0.29, 0.717) is 16.8 Å². The van der Waals surface area contributed by atoms with Crippen molar-refractivity contribution < 1.29 is 14.1 Å². The van der Waals surface area contributed by atoms with E-state index < -0.39 is 4.92 Å². The van der Waals surface area contributed by atoms with Crippen molar-refractivity contribution in [2.75, 3.05) is 18.9 Å². The topological polar surface area (TPSA) is 75.5 Å². The molecule has 2 rings (SSSR count). The minimum Gasteiger partial charge on any atom is -0.324 e. The number of hydrogen-bond acceptors (Lipinski definition) is 4. The van der Waals surface area contributed by atoms with E-state index in [-0.39, 0.29) is 30.5 Å². The lowest BCUT2D eigenvalue weighted by molar-refractivity contribution is -0.385. The van der Waals surface area contributed by atoms with Crippen LogP contribution in [0, 0.1) is 22.9 Å². The second-order valence-electron chi connectivity index (χ2n) is 5.52. The highest BCUT2D eigenvalue weighted by atomic mass is 19.1. The number of rotatable bonds is 6. The fourth-order valence-electron chi connectivity index (χ4n) is 2.36. The number of halogens is 1. The van der Waals surface area contributed by atoms with Crippen LogP contribution in [0.15, 0.2) is 42.5 Å². The van der Waals surface area contributed by atoms with Gasteiger partial charge in [-0.25, -0.2) is 4.39 Å². The summed E-state index contributed by atoms with van der Waals surface area (Å²) in [5.41, 5.74) is 1.24. The average molecular weight is 331 g/mol. The standard InChI is InChI=1S/C17H18FN3O3/c1-12-15(8-5-9-16(12)21(23)24)19-17(22)11-20(2)10-13-6-3-4-7-14(13)18/h3-9H,10-11H2,1-2H3,(H,19,22). The summed E-state index contributed by atoms with van der Waals surface area (Å²) < 4.78 is 13.6. The Labute approximate surface area is 139 Å². The van der Waals surface area contributed by atoms with Crippen LogP contribution in [0.2, 0.25) is 0 Å². The maximum atomic E-state index is 13.6. The van der Waals surface area contributed by atoms with Crippen molar-refractivity contribution in [2.45, 2.75) is 13.5 Å². The lowest BCUT2D eigenvalue weighted by Gasteiger charge is -2.17. The Morgan fingerprint density at radius 1 is 1.25 bits per heavy atom. The van der Waals surface area contributed by atoms with Gasteiger partial charge >= 0.3 is 0 Å². The van der Waals surface area contributed by atoms with Gasteiger partial charge in [0.1, 0.15) is 5.82 Å². The summed E-state index contributed by atoms with van der Waals surface area (Å²) in [7, 11) is 1.70. The van der Waals surface area contributed by atoms with Crippen molar-refractivity contribution in [3.05, 3.63) is 69.5 Å². The molecule has 0 bridgehead atoms. The van der Waals surface area contributed by atoms with E-state index >= 15 is 0 Å². The Kier molecular flexibility index (Phi) is 5.59. The maximum Gasteiger partial charge on any atom is 0.274 e. The zero-order valence-electron chi connectivity index (χ0n) is 13.5. The molecule has 24 heavy (non-hydrogen) atoms. The highest BCUT2D eigenvalue weighted by molar-refractivity contribution is 5.93. The van der Waals surface area contributed by atoms with Crippen LogP contribution in [0.3, 0.4) is 0 Å². The fraction of sp³-hybridized carbons (Fsp3) is 0.235. The number of anilines is 1. The largest absolute Gasteiger partial charge is 0.324 e. The zero-order chi connectivity index (χ0) is 17.7. The van der Waals surface area contributed by atoms with E-state index in [4.69, 9.17) is 0 Å². The number of likely N-dealkylation sites (N-methyl/N-ethyl adjacent to an activating group) is 1. The first-order chi connectivity index (χ1) is 11.4. The molecule has 0 saturated carbocycles. The summed E-state index contributed by atoms with van der Waals surface area (Å²) in [6.45, 7) is 1.90. The number of benzene rings is 2. The SMILES string of the molecule is Cc1c(NC(=O)CN(C)Cc2ccccc2F)cccc1[N+](=O)[O-].